The number of hydrogen-bond acceptors (Lipinski definition) is 7. The van der Waals surface area contributed by atoms with Gasteiger partial charge in [-0.25, -0.2) is 9.59 Å². The lowest BCUT2D eigenvalue weighted by Crippen LogP contribution is -2.52. The van der Waals surface area contributed by atoms with Gasteiger partial charge in [-0.3, -0.25) is 9.59 Å². The minimum Gasteiger partial charge on any atom is -0.467 e. The third-order valence-electron chi connectivity index (χ3n) is 8.73. The van der Waals surface area contributed by atoms with Crippen molar-refractivity contribution in [3.8, 4) is 11.1 Å². The van der Waals surface area contributed by atoms with Crippen molar-refractivity contribution < 1.29 is 28.7 Å². The minimum absolute atomic E-state index is 0.0111. The molecule has 0 aromatic heterocycles. The van der Waals surface area contributed by atoms with E-state index in [0.717, 1.165) is 35.1 Å². The number of benzene rings is 3. The second-order valence-electron chi connectivity index (χ2n) is 12.2. The predicted octanol–water partition coefficient (Wildman–Crippen LogP) is 5.59. The lowest BCUT2D eigenvalue weighted by Gasteiger charge is -2.23. The van der Waals surface area contributed by atoms with Crippen molar-refractivity contribution in [1.29, 1.82) is 0 Å². The average molecular weight is 783 g/mol. The van der Waals surface area contributed by atoms with Gasteiger partial charge in [0.2, 0.25) is 11.8 Å². The van der Waals surface area contributed by atoms with Crippen LogP contribution in [0.2, 0.25) is 0 Å². The molecule has 0 spiro atoms. The van der Waals surface area contributed by atoms with Crippen LogP contribution in [-0.2, 0) is 30.3 Å². The molecule has 2 unspecified atom stereocenters. The first kappa shape index (κ1) is 37.8. The molecule has 1 aliphatic rings. The Hall–Kier alpha value is -3.97. The summed E-state index contributed by atoms with van der Waals surface area (Å²) in [5.74, 6) is -1.20. The summed E-state index contributed by atoms with van der Waals surface area (Å²) < 4.78 is 11.8. The van der Waals surface area contributed by atoms with Gasteiger partial charge in [-0.1, -0.05) is 60.7 Å². The Bertz CT molecular complexity index is 1500. The number of carbonyl (C=O) groups is 4. The number of fused-ring (bicyclic) bond motifs is 3. The van der Waals surface area contributed by atoms with Crippen LogP contribution in [0.1, 0.15) is 74.0 Å². The van der Waals surface area contributed by atoms with Crippen LogP contribution in [-0.4, -0.2) is 62.8 Å². The second-order valence-corrected chi connectivity index (χ2v) is 13.5. The Labute approximate surface area is 302 Å². The monoisotopic (exact) mass is 782 g/mol. The topological polar surface area (TPSA) is 149 Å². The number of nitrogens with two attached hydrogens (primary N) is 1. The van der Waals surface area contributed by atoms with Gasteiger partial charge >= 0.3 is 12.1 Å². The number of aryl methyl sites for hydroxylation is 1. The molecule has 0 heterocycles. The lowest BCUT2D eigenvalue weighted by atomic mass is 9.98. The molecule has 4 rings (SSSR count). The molecule has 10 nitrogen and oxygen atoms in total. The van der Waals surface area contributed by atoms with E-state index < -0.39 is 30.1 Å². The molecule has 5 N–H and O–H groups in total. The Morgan fingerprint density at radius 2 is 1.43 bits per heavy atom. The summed E-state index contributed by atoms with van der Waals surface area (Å²) in [5.41, 5.74) is 11.3. The van der Waals surface area contributed by atoms with Crippen molar-refractivity contribution in [2.24, 2.45) is 5.73 Å². The Morgan fingerprint density at radius 3 is 2.08 bits per heavy atom. The second kappa shape index (κ2) is 19.9. The first-order valence-corrected chi connectivity index (χ1v) is 18.1. The van der Waals surface area contributed by atoms with Crippen LogP contribution in [0.5, 0.6) is 0 Å². The van der Waals surface area contributed by atoms with Crippen LogP contribution in [0.15, 0.2) is 72.8 Å². The van der Waals surface area contributed by atoms with Gasteiger partial charge in [0, 0.05) is 22.5 Å². The highest BCUT2D eigenvalue weighted by Crippen LogP contribution is 2.44. The number of halogens is 1. The maximum atomic E-state index is 13.4. The highest BCUT2D eigenvalue weighted by atomic mass is 127. The molecule has 1 aliphatic carbocycles. The first-order chi connectivity index (χ1) is 23.8. The number of methoxy groups -OCH3 is 1. The fourth-order valence-electron chi connectivity index (χ4n) is 6.10. The summed E-state index contributed by atoms with van der Waals surface area (Å²) in [5, 5.41) is 8.41. The van der Waals surface area contributed by atoms with Crippen LogP contribution in [0.25, 0.3) is 11.1 Å². The molecule has 49 heavy (non-hydrogen) atoms. The van der Waals surface area contributed by atoms with Gasteiger partial charge in [-0.2, -0.15) is 0 Å². The molecule has 0 saturated heterocycles. The zero-order valence-corrected chi connectivity index (χ0v) is 30.2. The van der Waals surface area contributed by atoms with Crippen LogP contribution in [0.4, 0.5) is 4.79 Å². The fraction of sp³-hybridized carbons (Fsp3) is 0.421. The van der Waals surface area contributed by atoms with Gasteiger partial charge in [0.15, 0.2) is 0 Å². The molecule has 2 atom stereocenters. The molecule has 0 fully saturated rings. The van der Waals surface area contributed by atoms with E-state index in [1.165, 1.54) is 16.2 Å². The van der Waals surface area contributed by atoms with Crippen LogP contribution < -0.4 is 21.7 Å². The molecule has 11 heteroatoms. The average Bonchev–Trinajstić information content (AvgIpc) is 3.43. The standard InChI is InChI=1S/C38H47IN4O6/c1-48-37(46)34(17-7-9-24-41-35(44)18-10-11-26-19-21-27(39)22-20-26)42-36(45)33(16-6-8-23-40)43-38(47)49-25-32-30-14-4-2-12-28(30)29-13-3-5-15-31(29)32/h2-5,12-15,19-22,32-34H,6-11,16-18,23-25,40H2,1H3,(H,41,44)(H,42,45)(H,43,47). The number of rotatable bonds is 19. The number of hydrogen-bond donors (Lipinski definition) is 4. The summed E-state index contributed by atoms with van der Waals surface area (Å²) in [7, 11) is 1.27. The summed E-state index contributed by atoms with van der Waals surface area (Å²) in [6.45, 7) is 1.03. The molecule has 0 bridgehead atoms. The maximum absolute atomic E-state index is 13.4. The highest BCUT2D eigenvalue weighted by molar-refractivity contribution is 14.1. The van der Waals surface area contributed by atoms with Gasteiger partial charge in [0.1, 0.15) is 18.7 Å². The van der Waals surface area contributed by atoms with E-state index >= 15 is 0 Å². The lowest BCUT2D eigenvalue weighted by molar-refractivity contribution is -0.145. The smallest absolute Gasteiger partial charge is 0.407 e. The molecule has 262 valence electrons. The molecule has 0 aliphatic heterocycles. The third kappa shape index (κ3) is 11.6. The summed E-state index contributed by atoms with van der Waals surface area (Å²) in [6.07, 6.45) is 4.46. The number of alkyl carbamates (subject to hydrolysis) is 1. The van der Waals surface area contributed by atoms with Crippen molar-refractivity contribution in [2.45, 2.75) is 75.8 Å². The number of ether oxygens (including phenoxy) is 2. The normalized spacial score (nSPS) is 13.0. The van der Waals surface area contributed by atoms with Gasteiger partial charge in [-0.05, 0) is 120 Å². The summed E-state index contributed by atoms with van der Waals surface area (Å²) in [6, 6.07) is 22.6. The Morgan fingerprint density at radius 1 is 0.796 bits per heavy atom. The minimum atomic E-state index is -0.923. The summed E-state index contributed by atoms with van der Waals surface area (Å²) >= 11 is 2.27. The molecule has 3 aromatic carbocycles. The molecular weight excluding hydrogens is 735 g/mol. The maximum Gasteiger partial charge on any atom is 0.407 e. The highest BCUT2D eigenvalue weighted by Gasteiger charge is 2.31. The van der Waals surface area contributed by atoms with Crippen LogP contribution in [0.3, 0.4) is 0 Å². The molecule has 3 amide bonds. The SMILES string of the molecule is COC(=O)C(CCCCNC(=O)CCCc1ccc(I)cc1)NC(=O)C(CCCCN)NC(=O)OCC1c2ccccc2-c2ccccc21. The van der Waals surface area contributed by atoms with Gasteiger partial charge in [-0.15, -0.1) is 0 Å². The van der Waals surface area contributed by atoms with E-state index in [-0.39, 0.29) is 18.4 Å². The van der Waals surface area contributed by atoms with Crippen molar-refractivity contribution in [3.63, 3.8) is 0 Å². The van der Waals surface area contributed by atoms with E-state index in [4.69, 9.17) is 15.2 Å². The third-order valence-corrected chi connectivity index (χ3v) is 9.44. The zero-order chi connectivity index (χ0) is 35.0. The van der Waals surface area contributed by atoms with E-state index in [1.54, 1.807) is 0 Å². The van der Waals surface area contributed by atoms with E-state index in [0.29, 0.717) is 58.0 Å². The molecule has 0 saturated carbocycles. The predicted molar refractivity (Wildman–Crippen MR) is 198 cm³/mol. The number of amides is 3. The van der Waals surface area contributed by atoms with E-state index in [2.05, 4.69) is 74.9 Å². The zero-order valence-electron chi connectivity index (χ0n) is 28.1. The quantitative estimate of drug-likeness (QED) is 0.0704. The number of carbonyl (C=O) groups excluding carboxylic acids is 4. The fourth-order valence-corrected chi connectivity index (χ4v) is 6.46. The summed E-state index contributed by atoms with van der Waals surface area (Å²) in [4.78, 5) is 51.3. The van der Waals surface area contributed by atoms with Crippen molar-refractivity contribution >= 4 is 46.5 Å². The van der Waals surface area contributed by atoms with Crippen molar-refractivity contribution in [1.82, 2.24) is 16.0 Å². The Balaban J connectivity index is 1.24. The molecule has 0 radical (unpaired) electrons. The Kier molecular flexibility index (Phi) is 15.4. The van der Waals surface area contributed by atoms with E-state index in [9.17, 15) is 19.2 Å². The molecule has 3 aromatic rings. The number of esters is 1. The van der Waals surface area contributed by atoms with Gasteiger partial charge in [0.05, 0.1) is 7.11 Å². The molecular formula is C38H47IN4O6. The van der Waals surface area contributed by atoms with Crippen LogP contribution in [0, 0.1) is 3.57 Å². The van der Waals surface area contributed by atoms with Gasteiger partial charge < -0.3 is 31.2 Å². The number of nitrogens with one attached hydrogen (secondary N) is 3. The van der Waals surface area contributed by atoms with E-state index in [1.807, 2.05) is 36.4 Å². The van der Waals surface area contributed by atoms with Crippen LogP contribution >= 0.6 is 22.6 Å². The number of unbranched alkanes of at least 4 members (excludes halogenated alkanes) is 2. The first-order valence-electron chi connectivity index (χ1n) is 17.0. The largest absolute Gasteiger partial charge is 0.467 e. The van der Waals surface area contributed by atoms with Gasteiger partial charge in [0.25, 0.3) is 0 Å². The van der Waals surface area contributed by atoms with Crippen molar-refractivity contribution in [2.75, 3.05) is 26.8 Å². The van der Waals surface area contributed by atoms with Crippen molar-refractivity contribution in [3.05, 3.63) is 93.1 Å².